The van der Waals surface area contributed by atoms with E-state index in [1.807, 2.05) is 11.6 Å². The minimum absolute atomic E-state index is 0.201. The lowest BCUT2D eigenvalue weighted by molar-refractivity contribution is 0.0607. The van der Waals surface area contributed by atoms with E-state index in [0.29, 0.717) is 12.4 Å². The van der Waals surface area contributed by atoms with Gasteiger partial charge in [0.05, 0.1) is 6.61 Å². The maximum Gasteiger partial charge on any atom is 0.461 e. The summed E-state index contributed by atoms with van der Waals surface area (Å²) in [6, 6.07) is 0. The van der Waals surface area contributed by atoms with E-state index >= 15 is 0 Å². The van der Waals surface area contributed by atoms with Gasteiger partial charge in [0.25, 0.3) is 0 Å². The Labute approximate surface area is 97.2 Å². The van der Waals surface area contributed by atoms with Crippen molar-refractivity contribution in [2.24, 2.45) is 5.41 Å². The molecule has 2 heterocycles. The standard InChI is InChI=1S/C11H20NO3P/c1-4-11(3)9-14-16(13,15-10(11)2)12-7-5-6-8-12/h2,4-9H2,1,3H3. The lowest BCUT2D eigenvalue weighted by Crippen LogP contribution is -2.33. The molecule has 2 aliphatic rings. The molecule has 0 amide bonds. The maximum atomic E-state index is 12.5. The predicted octanol–water partition coefficient (Wildman–Crippen LogP) is 3.17. The molecule has 16 heavy (non-hydrogen) atoms. The Bertz CT molecular complexity index is 338. The van der Waals surface area contributed by atoms with Crippen molar-refractivity contribution in [3.8, 4) is 0 Å². The van der Waals surface area contributed by atoms with E-state index in [0.717, 1.165) is 32.4 Å². The third kappa shape index (κ3) is 1.94. The van der Waals surface area contributed by atoms with Gasteiger partial charge in [-0.1, -0.05) is 20.4 Å². The van der Waals surface area contributed by atoms with Crippen LogP contribution < -0.4 is 0 Å². The third-order valence-corrected chi connectivity index (χ3v) is 5.65. The van der Waals surface area contributed by atoms with Crippen molar-refractivity contribution < 1.29 is 13.6 Å². The van der Waals surface area contributed by atoms with Crippen molar-refractivity contribution in [2.45, 2.75) is 33.1 Å². The molecule has 0 aromatic rings. The molecule has 0 aliphatic carbocycles. The summed E-state index contributed by atoms with van der Waals surface area (Å²) in [4.78, 5) is 0. The molecule has 0 spiro atoms. The molecular weight excluding hydrogens is 225 g/mol. The van der Waals surface area contributed by atoms with E-state index in [1.54, 1.807) is 0 Å². The number of nitrogens with zero attached hydrogens (tertiary/aromatic N) is 1. The van der Waals surface area contributed by atoms with Crippen LogP contribution in [0.1, 0.15) is 33.1 Å². The molecule has 0 bridgehead atoms. The fraction of sp³-hybridized carbons (Fsp3) is 0.818. The topological polar surface area (TPSA) is 38.8 Å². The largest absolute Gasteiger partial charge is 0.461 e. The summed E-state index contributed by atoms with van der Waals surface area (Å²) in [5.41, 5.74) is -0.201. The Morgan fingerprint density at radius 3 is 2.62 bits per heavy atom. The maximum absolute atomic E-state index is 12.5. The van der Waals surface area contributed by atoms with Crippen molar-refractivity contribution >= 4 is 7.75 Å². The van der Waals surface area contributed by atoms with Crippen LogP contribution in [0.5, 0.6) is 0 Å². The van der Waals surface area contributed by atoms with Gasteiger partial charge in [-0.25, -0.2) is 4.57 Å². The highest BCUT2D eigenvalue weighted by Gasteiger charge is 2.46. The summed E-state index contributed by atoms with van der Waals surface area (Å²) in [7, 11) is -3.08. The second kappa shape index (κ2) is 4.17. The van der Waals surface area contributed by atoms with E-state index < -0.39 is 7.75 Å². The van der Waals surface area contributed by atoms with Gasteiger partial charge in [0.15, 0.2) is 0 Å². The van der Waals surface area contributed by atoms with E-state index in [-0.39, 0.29) is 5.41 Å². The van der Waals surface area contributed by atoms with Crippen LogP contribution in [0.4, 0.5) is 0 Å². The summed E-state index contributed by atoms with van der Waals surface area (Å²) in [6.07, 6.45) is 3.01. The Balaban J connectivity index is 2.11. The fourth-order valence-electron chi connectivity index (χ4n) is 1.96. The van der Waals surface area contributed by atoms with E-state index in [2.05, 4.69) is 13.5 Å². The van der Waals surface area contributed by atoms with Gasteiger partial charge >= 0.3 is 7.75 Å². The van der Waals surface area contributed by atoms with Crippen molar-refractivity contribution in [2.75, 3.05) is 19.7 Å². The van der Waals surface area contributed by atoms with Crippen LogP contribution in [0.25, 0.3) is 0 Å². The van der Waals surface area contributed by atoms with Crippen LogP contribution in [0, 0.1) is 5.41 Å². The fourth-order valence-corrected chi connectivity index (χ4v) is 4.02. The normalized spacial score (nSPS) is 41.0. The first-order valence-electron chi connectivity index (χ1n) is 5.89. The zero-order valence-electron chi connectivity index (χ0n) is 10.1. The summed E-state index contributed by atoms with van der Waals surface area (Å²) in [5, 5.41) is 0. The highest BCUT2D eigenvalue weighted by atomic mass is 31.2. The molecule has 2 aliphatic heterocycles. The molecule has 5 heteroatoms. The summed E-state index contributed by atoms with van der Waals surface area (Å²) < 4.78 is 25.4. The minimum Gasteiger partial charge on any atom is -0.418 e. The van der Waals surface area contributed by atoms with Gasteiger partial charge in [0.1, 0.15) is 5.76 Å². The number of hydrogen-bond acceptors (Lipinski definition) is 3. The van der Waals surface area contributed by atoms with Crippen molar-refractivity contribution in [3.63, 3.8) is 0 Å². The first kappa shape index (κ1) is 12.2. The Morgan fingerprint density at radius 1 is 1.50 bits per heavy atom. The van der Waals surface area contributed by atoms with Crippen LogP contribution >= 0.6 is 7.75 Å². The van der Waals surface area contributed by atoms with Crippen LogP contribution in [-0.2, 0) is 13.6 Å². The Hall–Kier alpha value is -0.310. The second-order valence-electron chi connectivity index (χ2n) is 4.83. The summed E-state index contributed by atoms with van der Waals surface area (Å²) >= 11 is 0. The highest BCUT2D eigenvalue weighted by molar-refractivity contribution is 7.51. The average molecular weight is 245 g/mol. The second-order valence-corrected chi connectivity index (χ2v) is 6.78. The van der Waals surface area contributed by atoms with Gasteiger partial charge in [-0.3, -0.25) is 4.52 Å². The third-order valence-electron chi connectivity index (χ3n) is 3.65. The average Bonchev–Trinajstić information content (AvgIpc) is 2.78. The number of hydrogen-bond donors (Lipinski definition) is 0. The molecule has 0 N–H and O–H groups in total. The minimum atomic E-state index is -3.08. The zero-order valence-corrected chi connectivity index (χ0v) is 11.0. The summed E-state index contributed by atoms with van der Waals surface area (Å²) in [5.74, 6) is 0.608. The van der Waals surface area contributed by atoms with Gasteiger partial charge in [-0.15, -0.1) is 0 Å². The predicted molar refractivity (Wildman–Crippen MR) is 63.0 cm³/mol. The van der Waals surface area contributed by atoms with Gasteiger partial charge < -0.3 is 4.52 Å². The monoisotopic (exact) mass is 245 g/mol. The Morgan fingerprint density at radius 2 is 2.12 bits per heavy atom. The highest BCUT2D eigenvalue weighted by Crippen LogP contribution is 2.61. The molecule has 4 nitrogen and oxygen atoms in total. The quantitative estimate of drug-likeness (QED) is 0.700. The van der Waals surface area contributed by atoms with E-state index in [4.69, 9.17) is 9.05 Å². The van der Waals surface area contributed by atoms with E-state index in [1.165, 1.54) is 0 Å². The molecule has 0 aromatic heterocycles. The molecule has 2 saturated heterocycles. The molecule has 0 radical (unpaired) electrons. The first-order valence-corrected chi connectivity index (χ1v) is 7.39. The van der Waals surface area contributed by atoms with Crippen LogP contribution in [0.3, 0.4) is 0 Å². The van der Waals surface area contributed by atoms with Crippen molar-refractivity contribution in [1.82, 2.24) is 4.67 Å². The number of rotatable bonds is 2. The van der Waals surface area contributed by atoms with E-state index in [9.17, 15) is 4.57 Å². The van der Waals surface area contributed by atoms with Gasteiger partial charge in [-0.2, -0.15) is 4.67 Å². The van der Waals surface area contributed by atoms with Gasteiger partial charge in [0.2, 0.25) is 0 Å². The van der Waals surface area contributed by atoms with Gasteiger partial charge in [-0.05, 0) is 19.3 Å². The lowest BCUT2D eigenvalue weighted by Gasteiger charge is -2.40. The summed E-state index contributed by atoms with van der Waals surface area (Å²) in [6.45, 7) is 10.0. The first-order chi connectivity index (χ1) is 7.50. The zero-order chi connectivity index (χ0) is 11.8. The molecule has 92 valence electrons. The molecular formula is C11H20NO3P. The SMILES string of the molecule is C=C1OP(=O)(N2CCCC2)OCC1(C)CC. The van der Waals surface area contributed by atoms with Crippen LogP contribution in [0.2, 0.25) is 0 Å². The lowest BCUT2D eigenvalue weighted by atomic mass is 9.87. The molecule has 2 rings (SSSR count). The molecule has 2 atom stereocenters. The molecule has 0 saturated carbocycles. The Kier molecular flexibility index (Phi) is 3.17. The molecule has 2 unspecified atom stereocenters. The molecule has 2 fully saturated rings. The van der Waals surface area contributed by atoms with Gasteiger partial charge in [0, 0.05) is 18.5 Å². The smallest absolute Gasteiger partial charge is 0.418 e. The molecule has 0 aromatic carbocycles. The van der Waals surface area contributed by atoms with Crippen molar-refractivity contribution in [3.05, 3.63) is 12.3 Å². The van der Waals surface area contributed by atoms with Crippen molar-refractivity contribution in [1.29, 1.82) is 0 Å². The van der Waals surface area contributed by atoms with Crippen LogP contribution in [-0.4, -0.2) is 24.4 Å². The van der Waals surface area contributed by atoms with Crippen LogP contribution in [0.15, 0.2) is 12.3 Å².